The van der Waals surface area contributed by atoms with Crippen molar-refractivity contribution in [2.45, 2.75) is 19.8 Å². The van der Waals surface area contributed by atoms with Crippen molar-refractivity contribution < 1.29 is 9.59 Å². The Balaban J connectivity index is 2.19. The van der Waals surface area contributed by atoms with Crippen molar-refractivity contribution in [1.82, 2.24) is 5.32 Å². The maximum atomic E-state index is 12.0. The van der Waals surface area contributed by atoms with Crippen LogP contribution in [-0.2, 0) is 9.59 Å². The van der Waals surface area contributed by atoms with E-state index in [4.69, 9.17) is 11.6 Å². The summed E-state index contributed by atoms with van der Waals surface area (Å²) in [5.74, 6) is -0.889. The van der Waals surface area contributed by atoms with Gasteiger partial charge in [0, 0.05) is 17.8 Å². The first kappa shape index (κ1) is 14.4. The molecule has 0 saturated heterocycles. The Morgan fingerprint density at radius 1 is 1.20 bits per heavy atom. The van der Waals surface area contributed by atoms with Gasteiger partial charge in [0.05, 0.1) is 11.4 Å². The molecule has 0 aliphatic carbocycles. The predicted molar refractivity (Wildman–Crippen MR) is 79.7 cm³/mol. The average Bonchev–Trinajstić information content (AvgIpc) is 2.52. The number of hydrogen-bond acceptors (Lipinski definition) is 3. The van der Waals surface area contributed by atoms with Crippen LogP contribution in [0.4, 0.5) is 11.4 Å². The number of rotatable bonds is 4. The first-order chi connectivity index (χ1) is 9.61. The van der Waals surface area contributed by atoms with Crippen molar-refractivity contribution in [2.24, 2.45) is 0 Å². The van der Waals surface area contributed by atoms with E-state index in [2.05, 4.69) is 22.9 Å². The van der Waals surface area contributed by atoms with Crippen LogP contribution in [0.25, 0.3) is 0 Å². The number of amides is 2. The van der Waals surface area contributed by atoms with E-state index in [0.717, 1.165) is 19.4 Å². The first-order valence-corrected chi connectivity index (χ1v) is 6.85. The van der Waals surface area contributed by atoms with Gasteiger partial charge in [-0.2, -0.15) is 0 Å². The molecule has 0 fully saturated rings. The van der Waals surface area contributed by atoms with E-state index in [-0.39, 0.29) is 5.57 Å². The van der Waals surface area contributed by atoms with Crippen molar-refractivity contribution in [3.63, 3.8) is 0 Å². The fraction of sp³-hybridized carbons (Fsp3) is 0.286. The molecule has 1 aromatic carbocycles. The van der Waals surface area contributed by atoms with Crippen molar-refractivity contribution in [3.05, 3.63) is 35.0 Å². The van der Waals surface area contributed by atoms with Gasteiger partial charge in [0.25, 0.3) is 11.8 Å². The number of carbonyl (C=O) groups is 2. The third-order valence-corrected chi connectivity index (χ3v) is 3.12. The van der Waals surface area contributed by atoms with Crippen molar-refractivity contribution >= 4 is 34.8 Å². The van der Waals surface area contributed by atoms with Crippen molar-refractivity contribution in [2.75, 3.05) is 17.2 Å². The van der Waals surface area contributed by atoms with Crippen LogP contribution in [0.5, 0.6) is 0 Å². The van der Waals surface area contributed by atoms with Crippen molar-refractivity contribution in [1.29, 1.82) is 0 Å². The molecule has 1 heterocycles. The molecule has 1 aliphatic rings. The molecule has 1 aliphatic heterocycles. The van der Waals surface area contributed by atoms with Crippen LogP contribution in [-0.4, -0.2) is 18.4 Å². The third kappa shape index (κ3) is 3.30. The maximum absolute atomic E-state index is 12.0. The molecule has 0 atom stereocenters. The zero-order valence-corrected chi connectivity index (χ0v) is 11.9. The Bertz CT molecular complexity index is 570. The number of hydrogen-bond donors (Lipinski definition) is 3. The second-order valence-electron chi connectivity index (χ2n) is 4.46. The summed E-state index contributed by atoms with van der Waals surface area (Å²) in [6, 6.07) is 4.91. The SMILES string of the molecule is CCCCNC=C1C(=O)Nc2ccc(Cl)cc2NC1=O. The fourth-order valence-electron chi connectivity index (χ4n) is 1.80. The second kappa shape index (κ2) is 6.43. The lowest BCUT2D eigenvalue weighted by molar-refractivity contribution is -0.118. The maximum Gasteiger partial charge on any atom is 0.262 e. The second-order valence-corrected chi connectivity index (χ2v) is 4.90. The summed E-state index contributed by atoms with van der Waals surface area (Å²) in [6.45, 7) is 2.79. The van der Waals surface area contributed by atoms with Gasteiger partial charge in [0.15, 0.2) is 0 Å². The predicted octanol–water partition coefficient (Wildman–Crippen LogP) is 2.50. The van der Waals surface area contributed by atoms with Gasteiger partial charge in [0.2, 0.25) is 0 Å². The molecule has 0 spiro atoms. The Labute approximate surface area is 122 Å². The van der Waals surface area contributed by atoms with E-state index in [1.54, 1.807) is 18.2 Å². The molecule has 2 rings (SSSR count). The molecule has 0 unspecified atom stereocenters. The van der Waals surface area contributed by atoms with Crippen LogP contribution in [0.3, 0.4) is 0 Å². The lowest BCUT2D eigenvalue weighted by Gasteiger charge is -2.05. The number of fused-ring (bicyclic) bond motifs is 1. The minimum Gasteiger partial charge on any atom is -0.390 e. The van der Waals surface area contributed by atoms with Gasteiger partial charge in [-0.3, -0.25) is 9.59 Å². The topological polar surface area (TPSA) is 70.2 Å². The largest absolute Gasteiger partial charge is 0.390 e. The van der Waals surface area contributed by atoms with E-state index < -0.39 is 11.8 Å². The van der Waals surface area contributed by atoms with Gasteiger partial charge in [-0.15, -0.1) is 0 Å². The molecule has 0 bridgehead atoms. The number of carbonyl (C=O) groups excluding carboxylic acids is 2. The quantitative estimate of drug-likeness (QED) is 0.454. The Hall–Kier alpha value is -2.01. The average molecular weight is 294 g/mol. The van der Waals surface area contributed by atoms with Crippen LogP contribution < -0.4 is 16.0 Å². The van der Waals surface area contributed by atoms with Gasteiger partial charge < -0.3 is 16.0 Å². The molecule has 5 nitrogen and oxygen atoms in total. The molecular weight excluding hydrogens is 278 g/mol. The third-order valence-electron chi connectivity index (χ3n) is 2.89. The van der Waals surface area contributed by atoms with Crippen LogP contribution in [0.15, 0.2) is 30.0 Å². The molecular formula is C14H16ClN3O2. The van der Waals surface area contributed by atoms with Crippen molar-refractivity contribution in [3.8, 4) is 0 Å². The minimum atomic E-state index is -0.451. The molecule has 0 radical (unpaired) electrons. The number of benzene rings is 1. The highest BCUT2D eigenvalue weighted by molar-refractivity contribution is 6.32. The summed E-state index contributed by atoms with van der Waals surface area (Å²) in [7, 11) is 0. The lowest BCUT2D eigenvalue weighted by atomic mass is 10.2. The molecule has 2 amide bonds. The number of halogens is 1. The Morgan fingerprint density at radius 3 is 2.60 bits per heavy atom. The molecule has 0 aromatic heterocycles. The minimum absolute atomic E-state index is 0.0495. The molecule has 106 valence electrons. The van der Waals surface area contributed by atoms with Crippen LogP contribution in [0.1, 0.15) is 19.8 Å². The van der Waals surface area contributed by atoms with Gasteiger partial charge in [-0.25, -0.2) is 0 Å². The molecule has 3 N–H and O–H groups in total. The van der Waals surface area contributed by atoms with Gasteiger partial charge in [-0.1, -0.05) is 24.9 Å². The summed E-state index contributed by atoms with van der Waals surface area (Å²) in [4.78, 5) is 24.1. The monoisotopic (exact) mass is 293 g/mol. The number of anilines is 2. The Kier molecular flexibility index (Phi) is 4.63. The number of unbranched alkanes of at least 4 members (excludes halogenated alkanes) is 1. The molecule has 20 heavy (non-hydrogen) atoms. The van der Waals surface area contributed by atoms with Crippen LogP contribution >= 0.6 is 11.6 Å². The smallest absolute Gasteiger partial charge is 0.262 e. The Morgan fingerprint density at radius 2 is 1.90 bits per heavy atom. The molecule has 6 heteroatoms. The fourth-order valence-corrected chi connectivity index (χ4v) is 1.97. The van der Waals surface area contributed by atoms with Gasteiger partial charge in [0.1, 0.15) is 5.57 Å². The molecule has 1 aromatic rings. The summed E-state index contributed by atoms with van der Waals surface area (Å²) >= 11 is 5.88. The normalized spacial score (nSPS) is 16.2. The molecule has 0 saturated carbocycles. The van der Waals surface area contributed by atoms with E-state index in [0.29, 0.717) is 16.4 Å². The van der Waals surface area contributed by atoms with E-state index in [9.17, 15) is 9.59 Å². The van der Waals surface area contributed by atoms with Crippen LogP contribution in [0, 0.1) is 0 Å². The summed E-state index contributed by atoms with van der Waals surface area (Å²) < 4.78 is 0. The van der Waals surface area contributed by atoms with E-state index >= 15 is 0 Å². The van der Waals surface area contributed by atoms with Crippen LogP contribution in [0.2, 0.25) is 5.02 Å². The zero-order valence-electron chi connectivity index (χ0n) is 11.1. The van der Waals surface area contributed by atoms with Gasteiger partial charge in [-0.05, 0) is 24.6 Å². The summed E-state index contributed by atoms with van der Waals surface area (Å²) in [6.07, 6.45) is 3.47. The highest BCUT2D eigenvalue weighted by Crippen LogP contribution is 2.28. The summed E-state index contributed by atoms with van der Waals surface area (Å²) in [5.41, 5.74) is 1.07. The zero-order chi connectivity index (χ0) is 14.5. The summed E-state index contributed by atoms with van der Waals surface area (Å²) in [5, 5.41) is 8.82. The standard InChI is InChI=1S/C14H16ClN3O2/c1-2-3-6-16-8-10-13(19)17-11-5-4-9(15)7-12(11)18-14(10)20/h4-5,7-8,16H,2-3,6H2,1H3,(H,17,19)(H,18,20). The highest BCUT2D eigenvalue weighted by Gasteiger charge is 2.24. The highest BCUT2D eigenvalue weighted by atomic mass is 35.5. The number of nitrogens with one attached hydrogen (secondary N) is 3. The van der Waals surface area contributed by atoms with E-state index in [1.165, 1.54) is 6.20 Å². The van der Waals surface area contributed by atoms with Gasteiger partial charge >= 0.3 is 0 Å². The lowest BCUT2D eigenvalue weighted by Crippen LogP contribution is -2.24. The first-order valence-electron chi connectivity index (χ1n) is 6.47. The van der Waals surface area contributed by atoms with E-state index in [1.807, 2.05) is 0 Å².